The standard InChI is InChI=1S/C18H19NO4.C15H13ClN2O5/c20-16(15-9-5-2-6-10-15)19-12-11-18(23,17(21)22)13-14-7-3-1-4-8-14;16-10-4-3-9(6-11(10)18(22)23)17-14(19)12-7-1-2-8(5-7)13(12)15(20)21/h1-10,23H,11-13H2,(H,19,20)(H,21,22);1-4,6-8,12-13H,5H2,(H,17,19)(H,20,21). The van der Waals surface area contributed by atoms with Crippen molar-refractivity contribution >= 4 is 46.7 Å². The molecule has 5 N–H and O–H groups in total. The summed E-state index contributed by atoms with van der Waals surface area (Å²) in [5.74, 6) is -4.69. The second kappa shape index (κ2) is 14.8. The predicted molar refractivity (Wildman–Crippen MR) is 168 cm³/mol. The van der Waals surface area contributed by atoms with E-state index in [1.807, 2.05) is 18.2 Å². The lowest BCUT2D eigenvalue weighted by Crippen LogP contribution is -2.44. The van der Waals surface area contributed by atoms with E-state index in [0.29, 0.717) is 12.0 Å². The van der Waals surface area contributed by atoms with E-state index in [0.717, 1.165) is 5.56 Å². The fourth-order valence-electron chi connectivity index (χ4n) is 5.75. The molecule has 0 radical (unpaired) electrons. The van der Waals surface area contributed by atoms with Gasteiger partial charge in [0, 0.05) is 36.7 Å². The van der Waals surface area contributed by atoms with E-state index in [1.165, 1.54) is 18.2 Å². The lowest BCUT2D eigenvalue weighted by Gasteiger charge is -2.23. The highest BCUT2D eigenvalue weighted by atomic mass is 35.5. The molecule has 13 heteroatoms. The highest BCUT2D eigenvalue weighted by molar-refractivity contribution is 6.32. The van der Waals surface area contributed by atoms with Gasteiger partial charge in [-0.25, -0.2) is 4.79 Å². The number of aliphatic carboxylic acids is 2. The van der Waals surface area contributed by atoms with Gasteiger partial charge in [0.05, 0.1) is 16.8 Å². The minimum absolute atomic E-state index is 0.00954. The van der Waals surface area contributed by atoms with Crippen molar-refractivity contribution in [3.05, 3.63) is 117 Å². The summed E-state index contributed by atoms with van der Waals surface area (Å²) in [6.45, 7) is 0.0728. The molecule has 3 aromatic carbocycles. The van der Waals surface area contributed by atoms with Crippen LogP contribution in [0.15, 0.2) is 91.0 Å². The van der Waals surface area contributed by atoms with Gasteiger partial charge in [0.15, 0.2) is 5.60 Å². The lowest BCUT2D eigenvalue weighted by atomic mass is 9.82. The SMILES string of the molecule is O=C(NCCC(O)(Cc1ccccc1)C(=O)O)c1ccccc1.O=C(O)C1C2C=CC(C2)C1C(=O)Nc1ccc(Cl)c([N+](=O)[O-])c1. The number of nitrogens with one attached hydrogen (secondary N) is 2. The Labute approximate surface area is 268 Å². The number of hydrogen-bond acceptors (Lipinski definition) is 7. The second-order valence-corrected chi connectivity index (χ2v) is 11.5. The molecule has 2 aliphatic carbocycles. The predicted octanol–water partition coefficient (Wildman–Crippen LogP) is 4.57. The summed E-state index contributed by atoms with van der Waals surface area (Å²) in [6, 6.07) is 21.5. The Hall–Kier alpha value is -5.07. The molecule has 0 aromatic heterocycles. The second-order valence-electron chi connectivity index (χ2n) is 11.1. The molecule has 0 aliphatic heterocycles. The minimum Gasteiger partial charge on any atom is -0.481 e. The molecule has 5 atom stereocenters. The molecule has 0 saturated heterocycles. The quantitative estimate of drug-likeness (QED) is 0.112. The van der Waals surface area contributed by atoms with E-state index < -0.39 is 40.2 Å². The maximum Gasteiger partial charge on any atom is 0.336 e. The smallest absolute Gasteiger partial charge is 0.336 e. The van der Waals surface area contributed by atoms with Gasteiger partial charge in [-0.2, -0.15) is 0 Å². The van der Waals surface area contributed by atoms with Crippen LogP contribution < -0.4 is 10.6 Å². The molecule has 1 fully saturated rings. The number of hydrogen-bond donors (Lipinski definition) is 5. The maximum absolute atomic E-state index is 12.5. The summed E-state index contributed by atoms with van der Waals surface area (Å²) in [7, 11) is 0. The fraction of sp³-hybridized carbons (Fsp3) is 0.273. The van der Waals surface area contributed by atoms with Gasteiger partial charge in [0.2, 0.25) is 5.91 Å². The first kappa shape index (κ1) is 33.8. The monoisotopic (exact) mass is 649 g/mol. The lowest BCUT2D eigenvalue weighted by molar-refractivity contribution is -0.384. The summed E-state index contributed by atoms with van der Waals surface area (Å²) < 4.78 is 0. The Morgan fingerprint density at radius 3 is 2.11 bits per heavy atom. The number of benzene rings is 3. The van der Waals surface area contributed by atoms with E-state index in [-0.39, 0.29) is 53.5 Å². The number of aliphatic hydroxyl groups is 1. The summed E-state index contributed by atoms with van der Waals surface area (Å²) in [4.78, 5) is 57.5. The van der Waals surface area contributed by atoms with Gasteiger partial charge in [-0.1, -0.05) is 72.3 Å². The number of carboxylic acid groups (broad SMARTS) is 2. The third-order valence-electron chi connectivity index (χ3n) is 8.06. The Morgan fingerprint density at radius 2 is 1.52 bits per heavy atom. The number of carbonyl (C=O) groups is 4. The molecule has 5 unspecified atom stereocenters. The normalized spacial score (nSPS) is 20.5. The number of nitrogens with zero attached hydrogens (tertiary/aromatic N) is 1. The number of allylic oxidation sites excluding steroid dienone is 2. The molecule has 46 heavy (non-hydrogen) atoms. The van der Waals surface area contributed by atoms with Crippen LogP contribution >= 0.6 is 11.6 Å². The van der Waals surface area contributed by atoms with Crippen molar-refractivity contribution < 1.29 is 39.4 Å². The summed E-state index contributed by atoms with van der Waals surface area (Å²) in [5, 5.41) is 45.1. The Morgan fingerprint density at radius 1 is 0.913 bits per heavy atom. The topological polar surface area (TPSA) is 196 Å². The van der Waals surface area contributed by atoms with Crippen LogP contribution in [0, 0.1) is 33.8 Å². The summed E-state index contributed by atoms with van der Waals surface area (Å²) in [5.41, 5.74) is -0.777. The van der Waals surface area contributed by atoms with Crippen LogP contribution in [0.1, 0.15) is 28.8 Å². The van der Waals surface area contributed by atoms with Gasteiger partial charge < -0.3 is 26.0 Å². The minimum atomic E-state index is -1.91. The number of anilines is 1. The van der Waals surface area contributed by atoms with Crippen LogP contribution in [0.3, 0.4) is 0 Å². The van der Waals surface area contributed by atoms with Crippen molar-refractivity contribution in [2.24, 2.45) is 23.7 Å². The first-order valence-electron chi connectivity index (χ1n) is 14.4. The number of nitro groups is 1. The number of rotatable bonds is 11. The zero-order valence-electron chi connectivity index (χ0n) is 24.4. The molecular formula is C33H32ClN3O9. The van der Waals surface area contributed by atoms with E-state index in [2.05, 4.69) is 10.6 Å². The molecular weight excluding hydrogens is 618 g/mol. The first-order chi connectivity index (χ1) is 21.9. The van der Waals surface area contributed by atoms with E-state index in [4.69, 9.17) is 11.6 Å². The van der Waals surface area contributed by atoms with E-state index in [1.54, 1.807) is 54.6 Å². The third kappa shape index (κ3) is 8.14. The van der Waals surface area contributed by atoms with Crippen molar-refractivity contribution in [1.82, 2.24) is 5.32 Å². The number of halogens is 1. The molecule has 2 aliphatic rings. The highest BCUT2D eigenvalue weighted by Crippen LogP contribution is 2.48. The van der Waals surface area contributed by atoms with Crippen molar-refractivity contribution in [2.45, 2.75) is 24.9 Å². The van der Waals surface area contributed by atoms with Gasteiger partial charge in [-0.3, -0.25) is 24.5 Å². The molecule has 0 spiro atoms. The van der Waals surface area contributed by atoms with Crippen molar-refractivity contribution in [3.63, 3.8) is 0 Å². The van der Waals surface area contributed by atoms with Gasteiger partial charge in [-0.15, -0.1) is 0 Å². The molecule has 3 aromatic rings. The Kier molecular flexibility index (Phi) is 10.9. The number of nitro benzene ring substituents is 1. The van der Waals surface area contributed by atoms with E-state index in [9.17, 15) is 44.6 Å². The average molecular weight is 650 g/mol. The van der Waals surface area contributed by atoms with Crippen molar-refractivity contribution in [2.75, 3.05) is 11.9 Å². The average Bonchev–Trinajstić information content (AvgIpc) is 3.65. The van der Waals surface area contributed by atoms with Gasteiger partial charge in [0.25, 0.3) is 11.6 Å². The maximum atomic E-state index is 12.5. The molecule has 2 amide bonds. The van der Waals surface area contributed by atoms with Crippen LogP contribution in [0.2, 0.25) is 5.02 Å². The molecule has 5 rings (SSSR count). The van der Waals surface area contributed by atoms with Gasteiger partial charge in [0.1, 0.15) is 5.02 Å². The molecule has 12 nitrogen and oxygen atoms in total. The molecule has 1 saturated carbocycles. The van der Waals surface area contributed by atoms with Gasteiger partial charge >= 0.3 is 11.9 Å². The Bertz CT molecular complexity index is 1630. The molecule has 0 heterocycles. The zero-order valence-corrected chi connectivity index (χ0v) is 25.2. The zero-order chi connectivity index (χ0) is 33.4. The first-order valence-corrected chi connectivity index (χ1v) is 14.8. The van der Waals surface area contributed by atoms with Crippen LogP contribution in [0.25, 0.3) is 0 Å². The van der Waals surface area contributed by atoms with E-state index >= 15 is 0 Å². The van der Waals surface area contributed by atoms with Gasteiger partial charge in [-0.05, 0) is 48.1 Å². The third-order valence-corrected chi connectivity index (χ3v) is 8.37. The fourth-order valence-corrected chi connectivity index (χ4v) is 5.94. The van der Waals surface area contributed by atoms with Crippen molar-refractivity contribution in [3.8, 4) is 0 Å². The summed E-state index contributed by atoms with van der Waals surface area (Å²) in [6.07, 6.45) is 4.29. The number of carboxylic acids is 2. The molecule has 2 bridgehead atoms. The van der Waals surface area contributed by atoms with Crippen LogP contribution in [-0.4, -0.2) is 56.1 Å². The van der Waals surface area contributed by atoms with Crippen LogP contribution in [0.4, 0.5) is 11.4 Å². The summed E-state index contributed by atoms with van der Waals surface area (Å²) >= 11 is 5.73. The number of carbonyl (C=O) groups excluding carboxylic acids is 2. The van der Waals surface area contributed by atoms with Crippen LogP contribution in [0.5, 0.6) is 0 Å². The highest BCUT2D eigenvalue weighted by Gasteiger charge is 2.51. The Balaban J connectivity index is 0.000000209. The van der Waals surface area contributed by atoms with Crippen LogP contribution in [-0.2, 0) is 20.8 Å². The molecule has 240 valence electrons. The van der Waals surface area contributed by atoms with Crippen molar-refractivity contribution in [1.29, 1.82) is 0 Å². The number of fused-ring (bicyclic) bond motifs is 2. The largest absolute Gasteiger partial charge is 0.481 e. The number of amides is 2.